The van der Waals surface area contributed by atoms with Crippen molar-refractivity contribution in [3.8, 4) is 0 Å². The molecule has 2 fully saturated rings. The Morgan fingerprint density at radius 2 is 1.88 bits per heavy atom. The van der Waals surface area contributed by atoms with Crippen LogP contribution in [-0.2, 0) is 4.79 Å². The zero-order valence-corrected chi connectivity index (χ0v) is 9.80. The van der Waals surface area contributed by atoms with Gasteiger partial charge < -0.3 is 16.2 Å². The van der Waals surface area contributed by atoms with Crippen LogP contribution in [0, 0.1) is 5.41 Å². The number of amides is 1. The first-order chi connectivity index (χ1) is 7.64. The van der Waals surface area contributed by atoms with Gasteiger partial charge in [-0.25, -0.2) is 0 Å². The summed E-state index contributed by atoms with van der Waals surface area (Å²) in [5, 5.41) is 12.3. The summed E-state index contributed by atoms with van der Waals surface area (Å²) in [5.74, 6) is 0.0684. The maximum absolute atomic E-state index is 11.9. The minimum Gasteiger partial charge on any atom is -0.394 e. The molecule has 0 saturated heterocycles. The van der Waals surface area contributed by atoms with Gasteiger partial charge in [0, 0.05) is 6.42 Å². The molecule has 0 spiro atoms. The van der Waals surface area contributed by atoms with Gasteiger partial charge in [-0.1, -0.05) is 6.42 Å². The van der Waals surface area contributed by atoms with Crippen molar-refractivity contribution in [1.82, 2.24) is 5.32 Å². The minimum absolute atomic E-state index is 0.0600. The quantitative estimate of drug-likeness (QED) is 0.640. The van der Waals surface area contributed by atoms with Gasteiger partial charge in [-0.2, -0.15) is 0 Å². The molecule has 0 heterocycles. The van der Waals surface area contributed by atoms with Crippen molar-refractivity contribution in [3.05, 3.63) is 0 Å². The maximum atomic E-state index is 11.9. The maximum Gasteiger partial charge on any atom is 0.221 e. The number of hydrogen-bond donors (Lipinski definition) is 3. The molecular weight excluding hydrogens is 204 g/mol. The third kappa shape index (κ3) is 2.09. The van der Waals surface area contributed by atoms with Crippen molar-refractivity contribution in [2.75, 3.05) is 13.2 Å². The largest absolute Gasteiger partial charge is 0.394 e. The topological polar surface area (TPSA) is 75.4 Å². The summed E-state index contributed by atoms with van der Waals surface area (Å²) in [6, 6.07) is 0. The fraction of sp³-hybridized carbons (Fsp3) is 0.917. The number of aliphatic hydroxyl groups excluding tert-OH is 1. The Balaban J connectivity index is 1.84. The molecule has 0 unspecified atom stereocenters. The molecule has 16 heavy (non-hydrogen) atoms. The van der Waals surface area contributed by atoms with Crippen LogP contribution in [0.2, 0.25) is 0 Å². The third-order valence-corrected chi connectivity index (χ3v) is 4.40. The van der Waals surface area contributed by atoms with E-state index in [9.17, 15) is 9.90 Å². The van der Waals surface area contributed by atoms with Gasteiger partial charge in [-0.15, -0.1) is 0 Å². The highest BCUT2D eigenvalue weighted by atomic mass is 16.3. The van der Waals surface area contributed by atoms with Crippen molar-refractivity contribution in [3.63, 3.8) is 0 Å². The van der Waals surface area contributed by atoms with E-state index in [1.807, 2.05) is 0 Å². The van der Waals surface area contributed by atoms with Gasteiger partial charge in [0.15, 0.2) is 0 Å². The number of carbonyl (C=O) groups excluding carboxylic acids is 1. The molecule has 0 radical (unpaired) electrons. The van der Waals surface area contributed by atoms with Crippen LogP contribution in [-0.4, -0.2) is 29.7 Å². The monoisotopic (exact) mass is 226 g/mol. The second kappa shape index (κ2) is 4.34. The molecular formula is C12H22N2O2. The van der Waals surface area contributed by atoms with E-state index in [0.717, 1.165) is 32.1 Å². The highest BCUT2D eigenvalue weighted by Crippen LogP contribution is 2.43. The van der Waals surface area contributed by atoms with Crippen LogP contribution in [0.3, 0.4) is 0 Å². The molecule has 4 N–H and O–H groups in total. The summed E-state index contributed by atoms with van der Waals surface area (Å²) >= 11 is 0. The molecule has 0 aromatic carbocycles. The summed E-state index contributed by atoms with van der Waals surface area (Å²) in [6.07, 6.45) is 6.78. The van der Waals surface area contributed by atoms with Gasteiger partial charge in [0.25, 0.3) is 0 Å². The van der Waals surface area contributed by atoms with Gasteiger partial charge in [0.2, 0.25) is 5.91 Å². The van der Waals surface area contributed by atoms with Crippen molar-refractivity contribution >= 4 is 5.91 Å². The fourth-order valence-corrected chi connectivity index (χ4v) is 2.74. The van der Waals surface area contributed by atoms with Gasteiger partial charge in [0.05, 0.1) is 12.1 Å². The number of nitrogens with one attached hydrogen (secondary N) is 1. The average molecular weight is 226 g/mol. The predicted molar refractivity (Wildman–Crippen MR) is 61.8 cm³/mol. The molecule has 92 valence electrons. The zero-order chi connectivity index (χ0) is 11.6. The summed E-state index contributed by atoms with van der Waals surface area (Å²) in [6.45, 7) is 0.668. The lowest BCUT2D eigenvalue weighted by atomic mass is 9.66. The minimum atomic E-state index is -0.309. The summed E-state index contributed by atoms with van der Waals surface area (Å²) in [5.41, 5.74) is 5.48. The lowest BCUT2D eigenvalue weighted by Gasteiger charge is -2.44. The van der Waals surface area contributed by atoms with E-state index in [1.54, 1.807) is 0 Å². The zero-order valence-electron chi connectivity index (χ0n) is 9.80. The molecule has 0 aliphatic heterocycles. The van der Waals surface area contributed by atoms with Gasteiger partial charge >= 0.3 is 0 Å². The molecule has 2 aliphatic carbocycles. The van der Waals surface area contributed by atoms with E-state index in [1.165, 1.54) is 6.42 Å². The molecule has 4 heteroatoms. The Morgan fingerprint density at radius 3 is 2.19 bits per heavy atom. The van der Waals surface area contributed by atoms with Crippen LogP contribution in [0.4, 0.5) is 0 Å². The number of aliphatic hydroxyl groups is 1. The first kappa shape index (κ1) is 11.9. The fourth-order valence-electron chi connectivity index (χ4n) is 2.74. The Bertz CT molecular complexity index is 233. The molecule has 0 bridgehead atoms. The van der Waals surface area contributed by atoms with E-state index >= 15 is 0 Å². The molecule has 2 rings (SSSR count). The van der Waals surface area contributed by atoms with E-state index in [2.05, 4.69) is 5.32 Å². The van der Waals surface area contributed by atoms with Crippen molar-refractivity contribution in [2.24, 2.45) is 11.1 Å². The second-order valence-electron chi connectivity index (χ2n) is 5.57. The van der Waals surface area contributed by atoms with Crippen molar-refractivity contribution in [2.45, 2.75) is 50.5 Å². The standard InChI is InChI=1S/C12H22N2O2/c13-8-11(3-1-4-11)7-10(16)14-12(9-15)5-2-6-12/h15H,1-9,13H2,(H,14,16). The molecule has 0 aromatic heterocycles. The molecule has 4 nitrogen and oxygen atoms in total. The lowest BCUT2D eigenvalue weighted by Crippen LogP contribution is -2.57. The molecule has 2 saturated carbocycles. The Morgan fingerprint density at radius 1 is 1.25 bits per heavy atom. The Kier molecular flexibility index (Phi) is 3.22. The van der Waals surface area contributed by atoms with Crippen LogP contribution >= 0.6 is 0 Å². The lowest BCUT2D eigenvalue weighted by molar-refractivity contribution is -0.128. The smallest absolute Gasteiger partial charge is 0.221 e. The number of rotatable bonds is 5. The number of carbonyl (C=O) groups is 1. The molecule has 1 amide bonds. The number of hydrogen-bond acceptors (Lipinski definition) is 3. The molecule has 0 aromatic rings. The molecule has 2 aliphatic rings. The average Bonchev–Trinajstić information content (AvgIpc) is 2.17. The predicted octanol–water partition coefficient (Wildman–Crippen LogP) is 0.537. The van der Waals surface area contributed by atoms with Crippen LogP contribution < -0.4 is 11.1 Å². The Labute approximate surface area is 96.6 Å². The summed E-state index contributed by atoms with van der Waals surface area (Å²) in [7, 11) is 0. The SMILES string of the molecule is NCC1(CC(=O)NC2(CO)CCC2)CCC1. The van der Waals surface area contributed by atoms with Crippen LogP contribution in [0.25, 0.3) is 0 Å². The summed E-state index contributed by atoms with van der Waals surface area (Å²) in [4.78, 5) is 11.9. The van der Waals surface area contributed by atoms with E-state index < -0.39 is 0 Å². The molecule has 0 atom stereocenters. The van der Waals surface area contributed by atoms with Gasteiger partial charge in [0.1, 0.15) is 0 Å². The third-order valence-electron chi connectivity index (χ3n) is 4.40. The van der Waals surface area contributed by atoms with Gasteiger partial charge in [-0.05, 0) is 44.1 Å². The van der Waals surface area contributed by atoms with Gasteiger partial charge in [-0.3, -0.25) is 4.79 Å². The van der Waals surface area contributed by atoms with E-state index in [-0.39, 0.29) is 23.5 Å². The first-order valence-corrected chi connectivity index (χ1v) is 6.26. The Hall–Kier alpha value is -0.610. The van der Waals surface area contributed by atoms with Crippen molar-refractivity contribution in [1.29, 1.82) is 0 Å². The normalized spacial score (nSPS) is 25.4. The van der Waals surface area contributed by atoms with Crippen molar-refractivity contribution < 1.29 is 9.90 Å². The highest BCUT2D eigenvalue weighted by molar-refractivity contribution is 5.78. The van der Waals surface area contributed by atoms with E-state index in [0.29, 0.717) is 13.0 Å². The highest BCUT2D eigenvalue weighted by Gasteiger charge is 2.41. The van der Waals surface area contributed by atoms with Crippen LogP contribution in [0.5, 0.6) is 0 Å². The van der Waals surface area contributed by atoms with E-state index in [4.69, 9.17) is 5.73 Å². The first-order valence-electron chi connectivity index (χ1n) is 6.26. The number of nitrogens with two attached hydrogens (primary N) is 1. The summed E-state index contributed by atoms with van der Waals surface area (Å²) < 4.78 is 0. The van der Waals surface area contributed by atoms with Crippen LogP contribution in [0.1, 0.15) is 44.9 Å². The second-order valence-corrected chi connectivity index (χ2v) is 5.57. The van der Waals surface area contributed by atoms with Crippen LogP contribution in [0.15, 0.2) is 0 Å².